The van der Waals surface area contributed by atoms with E-state index >= 15 is 0 Å². The van der Waals surface area contributed by atoms with Gasteiger partial charge in [-0.3, -0.25) is 0 Å². The third kappa shape index (κ3) is 2.02. The molecular weight excluding hydrogens is 264 g/mol. The fourth-order valence-corrected chi connectivity index (χ4v) is 2.09. The normalized spacial score (nSPS) is 10.9. The Labute approximate surface area is 114 Å². The maximum absolute atomic E-state index is 5.97. The molecule has 19 heavy (non-hydrogen) atoms. The number of aromatic nitrogens is 4. The molecular formula is C13H11ClN4O. The van der Waals surface area contributed by atoms with Crippen LogP contribution in [0.3, 0.4) is 0 Å². The molecule has 0 aliphatic heterocycles. The highest BCUT2D eigenvalue weighted by Gasteiger charge is 2.12. The van der Waals surface area contributed by atoms with Crippen LogP contribution >= 0.6 is 11.6 Å². The monoisotopic (exact) mass is 274 g/mol. The maximum atomic E-state index is 5.97. The molecule has 0 fully saturated rings. The molecule has 0 amide bonds. The molecule has 0 aliphatic carbocycles. The van der Waals surface area contributed by atoms with Crippen molar-refractivity contribution in [3.05, 3.63) is 35.9 Å². The average Bonchev–Trinajstić information content (AvgIpc) is 2.80. The molecule has 0 bridgehead atoms. The third-order valence-corrected chi connectivity index (χ3v) is 3.06. The van der Waals surface area contributed by atoms with Crippen molar-refractivity contribution in [2.24, 2.45) is 7.05 Å². The van der Waals surface area contributed by atoms with E-state index in [9.17, 15) is 0 Å². The summed E-state index contributed by atoms with van der Waals surface area (Å²) in [7, 11) is 3.50. The van der Waals surface area contributed by atoms with Crippen LogP contribution in [0.1, 0.15) is 0 Å². The minimum Gasteiger partial charge on any atom is -0.497 e. The maximum Gasteiger partial charge on any atom is 0.225 e. The van der Waals surface area contributed by atoms with E-state index in [0.29, 0.717) is 5.65 Å². The van der Waals surface area contributed by atoms with Gasteiger partial charge in [0.2, 0.25) is 5.28 Å². The van der Waals surface area contributed by atoms with Crippen LogP contribution in [0.25, 0.3) is 22.4 Å². The molecule has 96 valence electrons. The number of ether oxygens (including phenoxy) is 1. The lowest BCUT2D eigenvalue weighted by atomic mass is 10.1. The molecule has 6 heteroatoms. The van der Waals surface area contributed by atoms with E-state index < -0.39 is 0 Å². The molecule has 0 unspecified atom stereocenters. The number of benzene rings is 1. The van der Waals surface area contributed by atoms with Crippen molar-refractivity contribution in [3.63, 3.8) is 0 Å². The molecule has 0 radical (unpaired) electrons. The molecule has 0 saturated carbocycles. The second-order valence-electron chi connectivity index (χ2n) is 4.10. The molecule has 3 aromatic rings. The van der Waals surface area contributed by atoms with Gasteiger partial charge in [-0.25, -0.2) is 9.97 Å². The summed E-state index contributed by atoms with van der Waals surface area (Å²) in [4.78, 5) is 12.8. The van der Waals surface area contributed by atoms with Gasteiger partial charge in [0, 0.05) is 12.6 Å². The second-order valence-corrected chi connectivity index (χ2v) is 4.44. The lowest BCUT2D eigenvalue weighted by Gasteiger charge is -2.04. The van der Waals surface area contributed by atoms with Crippen LogP contribution in [-0.2, 0) is 7.05 Å². The number of methoxy groups -OCH3 is 1. The van der Waals surface area contributed by atoms with Crippen molar-refractivity contribution in [3.8, 4) is 17.0 Å². The topological polar surface area (TPSA) is 52.8 Å². The zero-order valence-electron chi connectivity index (χ0n) is 10.5. The van der Waals surface area contributed by atoms with Gasteiger partial charge in [0.25, 0.3) is 0 Å². The molecule has 1 aromatic carbocycles. The number of hydrogen-bond donors (Lipinski definition) is 0. The standard InChI is InChI=1S/C13H11ClN4O/c1-18-7-15-11-10(16-13(14)17-12(11)18)8-3-5-9(19-2)6-4-8/h3-7H,1-2H3. The van der Waals surface area contributed by atoms with Crippen LogP contribution in [0.2, 0.25) is 5.28 Å². The SMILES string of the molecule is COc1ccc(-c2nc(Cl)nc3c2ncn3C)cc1. The smallest absolute Gasteiger partial charge is 0.225 e. The lowest BCUT2D eigenvalue weighted by Crippen LogP contribution is -1.94. The Morgan fingerprint density at radius 2 is 1.89 bits per heavy atom. The summed E-state index contributed by atoms with van der Waals surface area (Å²) >= 11 is 5.97. The van der Waals surface area contributed by atoms with Crippen LogP contribution in [0, 0.1) is 0 Å². The summed E-state index contributed by atoms with van der Waals surface area (Å²) in [6.45, 7) is 0. The van der Waals surface area contributed by atoms with Gasteiger partial charge in [-0.2, -0.15) is 4.98 Å². The zero-order valence-corrected chi connectivity index (χ0v) is 11.2. The molecule has 0 spiro atoms. The van der Waals surface area contributed by atoms with Crippen LogP contribution in [-0.4, -0.2) is 26.6 Å². The Morgan fingerprint density at radius 3 is 2.58 bits per heavy atom. The fraction of sp³-hybridized carbons (Fsp3) is 0.154. The zero-order chi connectivity index (χ0) is 13.4. The molecule has 0 atom stereocenters. The third-order valence-electron chi connectivity index (χ3n) is 2.90. The molecule has 0 N–H and O–H groups in total. The van der Waals surface area contributed by atoms with E-state index in [1.807, 2.05) is 35.9 Å². The van der Waals surface area contributed by atoms with Gasteiger partial charge in [0.05, 0.1) is 13.4 Å². The highest BCUT2D eigenvalue weighted by Crippen LogP contribution is 2.27. The van der Waals surface area contributed by atoms with E-state index in [-0.39, 0.29) is 5.28 Å². The quantitative estimate of drug-likeness (QED) is 0.674. The number of halogens is 1. The van der Waals surface area contributed by atoms with Crippen molar-refractivity contribution in [2.45, 2.75) is 0 Å². The average molecular weight is 275 g/mol. The molecule has 2 aromatic heterocycles. The first-order valence-corrected chi connectivity index (χ1v) is 6.06. The van der Waals surface area contributed by atoms with Crippen molar-refractivity contribution in [1.29, 1.82) is 0 Å². The van der Waals surface area contributed by atoms with Gasteiger partial charge >= 0.3 is 0 Å². The van der Waals surface area contributed by atoms with E-state index in [0.717, 1.165) is 22.5 Å². The number of fused-ring (bicyclic) bond motifs is 1. The first-order valence-electron chi connectivity index (χ1n) is 5.68. The van der Waals surface area contributed by atoms with Crippen LogP contribution in [0.15, 0.2) is 30.6 Å². The largest absolute Gasteiger partial charge is 0.497 e. The summed E-state index contributed by atoms with van der Waals surface area (Å²) in [5, 5.41) is 0.210. The van der Waals surface area contributed by atoms with E-state index in [4.69, 9.17) is 16.3 Å². The van der Waals surface area contributed by atoms with Crippen molar-refractivity contribution in [1.82, 2.24) is 19.5 Å². The van der Waals surface area contributed by atoms with Gasteiger partial charge in [0.1, 0.15) is 17.0 Å². The van der Waals surface area contributed by atoms with Crippen LogP contribution in [0.4, 0.5) is 0 Å². The van der Waals surface area contributed by atoms with Crippen molar-refractivity contribution in [2.75, 3.05) is 7.11 Å². The number of aryl methyl sites for hydroxylation is 1. The van der Waals surface area contributed by atoms with Gasteiger partial charge in [-0.05, 0) is 35.9 Å². The van der Waals surface area contributed by atoms with Crippen molar-refractivity contribution < 1.29 is 4.74 Å². The molecule has 0 saturated heterocycles. The highest BCUT2D eigenvalue weighted by molar-refractivity contribution is 6.28. The predicted octanol–water partition coefficient (Wildman–Crippen LogP) is 2.69. The van der Waals surface area contributed by atoms with Gasteiger partial charge < -0.3 is 9.30 Å². The fourth-order valence-electron chi connectivity index (χ4n) is 1.93. The van der Waals surface area contributed by atoms with E-state index in [2.05, 4.69) is 15.0 Å². The summed E-state index contributed by atoms with van der Waals surface area (Å²) < 4.78 is 6.96. The predicted molar refractivity (Wildman–Crippen MR) is 73.3 cm³/mol. The molecule has 3 rings (SSSR count). The Kier molecular flexibility index (Phi) is 2.83. The summed E-state index contributed by atoms with van der Waals surface area (Å²) in [5.74, 6) is 0.793. The Balaban J connectivity index is 2.23. The first kappa shape index (κ1) is 11.9. The van der Waals surface area contributed by atoms with Crippen LogP contribution in [0.5, 0.6) is 5.75 Å². The highest BCUT2D eigenvalue weighted by atomic mass is 35.5. The molecule has 2 heterocycles. The Hall–Kier alpha value is -2.14. The van der Waals surface area contributed by atoms with E-state index in [1.165, 1.54) is 0 Å². The summed E-state index contributed by atoms with van der Waals surface area (Å²) in [6.07, 6.45) is 1.70. The summed E-state index contributed by atoms with van der Waals surface area (Å²) in [5.41, 5.74) is 3.09. The minimum atomic E-state index is 0.210. The number of nitrogens with zero attached hydrogens (tertiary/aromatic N) is 4. The Bertz CT molecular complexity index is 736. The second kappa shape index (κ2) is 4.51. The van der Waals surface area contributed by atoms with E-state index in [1.54, 1.807) is 13.4 Å². The first-order chi connectivity index (χ1) is 9.19. The molecule has 0 aliphatic rings. The summed E-state index contributed by atoms with van der Waals surface area (Å²) in [6, 6.07) is 7.59. The van der Waals surface area contributed by atoms with Gasteiger partial charge in [0.15, 0.2) is 5.65 Å². The lowest BCUT2D eigenvalue weighted by molar-refractivity contribution is 0.415. The molecule has 5 nitrogen and oxygen atoms in total. The number of hydrogen-bond acceptors (Lipinski definition) is 4. The van der Waals surface area contributed by atoms with Gasteiger partial charge in [-0.15, -0.1) is 0 Å². The van der Waals surface area contributed by atoms with Gasteiger partial charge in [-0.1, -0.05) is 0 Å². The van der Waals surface area contributed by atoms with Crippen molar-refractivity contribution >= 4 is 22.8 Å². The minimum absolute atomic E-state index is 0.210. The number of imidazole rings is 1. The number of rotatable bonds is 2. The Morgan fingerprint density at radius 1 is 1.16 bits per heavy atom. The van der Waals surface area contributed by atoms with Crippen LogP contribution < -0.4 is 4.74 Å².